The van der Waals surface area contributed by atoms with E-state index in [2.05, 4.69) is 32.6 Å². The van der Waals surface area contributed by atoms with Crippen molar-refractivity contribution in [3.8, 4) is 11.4 Å². The van der Waals surface area contributed by atoms with Gasteiger partial charge in [0.1, 0.15) is 16.4 Å². The number of aromatic nitrogens is 4. The van der Waals surface area contributed by atoms with E-state index in [-0.39, 0.29) is 0 Å². The standard InChI is InChI=1S/C16H10N4S/c21-16-15(19-12-7-3-4-8-13(12)20-16)14-9-17-10-5-1-2-6-11(10)18-14/h1-9H,(H,20,21). The van der Waals surface area contributed by atoms with Crippen LogP contribution in [0.15, 0.2) is 59.8 Å². The molecule has 0 aliphatic heterocycles. The second-order valence-corrected chi connectivity index (χ2v) is 5.05. The van der Waals surface area contributed by atoms with Gasteiger partial charge in [0.05, 0.1) is 28.3 Å². The normalized spacial score (nSPS) is 11.1. The Morgan fingerprint density at radius 2 is 1.24 bits per heavy atom. The zero-order valence-electron chi connectivity index (χ0n) is 10.9. The van der Waals surface area contributed by atoms with Gasteiger partial charge in [-0.25, -0.2) is 15.0 Å². The van der Waals surface area contributed by atoms with Crippen LogP contribution in [0.1, 0.15) is 0 Å². The lowest BCUT2D eigenvalue weighted by Crippen LogP contribution is -1.95. The summed E-state index contributed by atoms with van der Waals surface area (Å²) in [7, 11) is 0. The Bertz CT molecular complexity index is 968. The van der Waals surface area contributed by atoms with Crippen LogP contribution in [-0.2, 0) is 0 Å². The van der Waals surface area contributed by atoms with E-state index in [9.17, 15) is 0 Å². The van der Waals surface area contributed by atoms with Crippen LogP contribution in [-0.4, -0.2) is 19.9 Å². The number of fused-ring (bicyclic) bond motifs is 2. The average molecular weight is 290 g/mol. The monoisotopic (exact) mass is 290 g/mol. The van der Waals surface area contributed by atoms with Gasteiger partial charge in [-0.05, 0) is 24.3 Å². The van der Waals surface area contributed by atoms with Crippen molar-refractivity contribution in [2.75, 3.05) is 0 Å². The molecule has 0 atom stereocenters. The Hall–Kier alpha value is -2.53. The van der Waals surface area contributed by atoms with Crippen LogP contribution in [0, 0.1) is 0 Å². The van der Waals surface area contributed by atoms with Crippen molar-refractivity contribution < 1.29 is 0 Å². The summed E-state index contributed by atoms with van der Waals surface area (Å²) in [5, 5.41) is 0.554. The van der Waals surface area contributed by atoms with E-state index in [0.29, 0.717) is 16.4 Å². The SMILES string of the molecule is Sc1nc2ccccc2nc1-c1cnc2ccccc2n1. The van der Waals surface area contributed by atoms with E-state index in [1.165, 1.54) is 0 Å². The maximum absolute atomic E-state index is 4.61. The van der Waals surface area contributed by atoms with E-state index in [0.717, 1.165) is 22.1 Å². The van der Waals surface area contributed by atoms with E-state index in [1.807, 2.05) is 48.5 Å². The van der Waals surface area contributed by atoms with Gasteiger partial charge < -0.3 is 0 Å². The molecule has 4 rings (SSSR count). The van der Waals surface area contributed by atoms with Gasteiger partial charge in [-0.1, -0.05) is 24.3 Å². The molecule has 2 heterocycles. The number of rotatable bonds is 1. The van der Waals surface area contributed by atoms with Crippen molar-refractivity contribution in [3.05, 3.63) is 54.7 Å². The van der Waals surface area contributed by atoms with Crippen LogP contribution >= 0.6 is 12.6 Å². The predicted molar refractivity (Wildman–Crippen MR) is 85.3 cm³/mol. The zero-order chi connectivity index (χ0) is 14.2. The molecule has 5 heteroatoms. The maximum atomic E-state index is 4.61. The van der Waals surface area contributed by atoms with Gasteiger partial charge in [0.2, 0.25) is 0 Å². The molecule has 0 aliphatic carbocycles. The molecule has 0 unspecified atom stereocenters. The predicted octanol–water partition coefficient (Wildman–Crippen LogP) is 3.53. The molecule has 0 saturated carbocycles. The van der Waals surface area contributed by atoms with Crippen molar-refractivity contribution in [1.29, 1.82) is 0 Å². The third kappa shape index (κ3) is 2.11. The molecule has 0 spiro atoms. The molecular formula is C16H10N4S. The highest BCUT2D eigenvalue weighted by atomic mass is 32.1. The van der Waals surface area contributed by atoms with E-state index in [1.54, 1.807) is 6.20 Å². The Kier molecular flexibility index (Phi) is 2.79. The maximum Gasteiger partial charge on any atom is 0.123 e. The van der Waals surface area contributed by atoms with Crippen LogP contribution in [0.4, 0.5) is 0 Å². The van der Waals surface area contributed by atoms with Gasteiger partial charge in [0.25, 0.3) is 0 Å². The average Bonchev–Trinajstić information content (AvgIpc) is 2.54. The molecule has 4 nitrogen and oxygen atoms in total. The van der Waals surface area contributed by atoms with Crippen molar-refractivity contribution in [3.63, 3.8) is 0 Å². The van der Waals surface area contributed by atoms with Crippen LogP contribution in [0.3, 0.4) is 0 Å². The number of thiol groups is 1. The van der Waals surface area contributed by atoms with Gasteiger partial charge >= 0.3 is 0 Å². The molecule has 0 N–H and O–H groups in total. The summed E-state index contributed by atoms with van der Waals surface area (Å²) < 4.78 is 0. The Morgan fingerprint density at radius 3 is 1.95 bits per heavy atom. The number of benzene rings is 2. The number of hydrogen-bond acceptors (Lipinski definition) is 5. The first kappa shape index (κ1) is 12.2. The lowest BCUT2D eigenvalue weighted by Gasteiger charge is -2.06. The number of para-hydroxylation sites is 4. The smallest absolute Gasteiger partial charge is 0.123 e. The van der Waals surface area contributed by atoms with Crippen LogP contribution in [0.5, 0.6) is 0 Å². The number of nitrogens with zero attached hydrogens (tertiary/aromatic N) is 4. The summed E-state index contributed by atoms with van der Waals surface area (Å²) in [4.78, 5) is 18.1. The zero-order valence-corrected chi connectivity index (χ0v) is 11.8. The summed E-state index contributed by atoms with van der Waals surface area (Å²) >= 11 is 4.44. The Labute approximate surface area is 126 Å². The molecule has 2 aromatic carbocycles. The molecular weight excluding hydrogens is 280 g/mol. The fourth-order valence-corrected chi connectivity index (χ4v) is 2.51. The lowest BCUT2D eigenvalue weighted by atomic mass is 10.2. The molecule has 0 amide bonds. The third-order valence-corrected chi connectivity index (χ3v) is 3.56. The number of hydrogen-bond donors (Lipinski definition) is 1. The lowest BCUT2D eigenvalue weighted by molar-refractivity contribution is 1.11. The molecule has 0 bridgehead atoms. The Morgan fingerprint density at radius 1 is 0.667 bits per heavy atom. The van der Waals surface area contributed by atoms with E-state index >= 15 is 0 Å². The highest BCUT2D eigenvalue weighted by Gasteiger charge is 2.10. The largest absolute Gasteiger partial charge is 0.252 e. The summed E-state index contributed by atoms with van der Waals surface area (Å²) in [6.07, 6.45) is 1.71. The quantitative estimate of drug-likeness (QED) is 0.545. The van der Waals surface area contributed by atoms with Crippen LogP contribution < -0.4 is 0 Å². The third-order valence-electron chi connectivity index (χ3n) is 3.24. The second-order valence-electron chi connectivity index (χ2n) is 4.63. The fourth-order valence-electron chi connectivity index (χ4n) is 2.23. The summed E-state index contributed by atoms with van der Waals surface area (Å²) in [6, 6.07) is 15.4. The molecule has 0 saturated heterocycles. The summed E-state index contributed by atoms with van der Waals surface area (Å²) in [6.45, 7) is 0. The fraction of sp³-hybridized carbons (Fsp3) is 0. The summed E-state index contributed by atoms with van der Waals surface area (Å²) in [5.74, 6) is 0. The van der Waals surface area contributed by atoms with Crippen molar-refractivity contribution in [2.24, 2.45) is 0 Å². The summed E-state index contributed by atoms with van der Waals surface area (Å²) in [5.41, 5.74) is 4.65. The van der Waals surface area contributed by atoms with Crippen molar-refractivity contribution in [2.45, 2.75) is 5.03 Å². The van der Waals surface area contributed by atoms with E-state index < -0.39 is 0 Å². The van der Waals surface area contributed by atoms with Crippen molar-refractivity contribution >= 4 is 34.7 Å². The Balaban J connectivity index is 1.96. The molecule has 2 aromatic heterocycles. The van der Waals surface area contributed by atoms with Crippen LogP contribution in [0.2, 0.25) is 0 Å². The first-order chi connectivity index (χ1) is 10.3. The molecule has 0 fully saturated rings. The minimum atomic E-state index is 0.554. The first-order valence-corrected chi connectivity index (χ1v) is 6.94. The highest BCUT2D eigenvalue weighted by Crippen LogP contribution is 2.24. The first-order valence-electron chi connectivity index (χ1n) is 6.49. The highest BCUT2D eigenvalue weighted by molar-refractivity contribution is 7.80. The second kappa shape index (κ2) is 4.79. The molecule has 0 aliphatic rings. The van der Waals surface area contributed by atoms with Gasteiger partial charge in [-0.15, -0.1) is 12.6 Å². The molecule has 21 heavy (non-hydrogen) atoms. The minimum Gasteiger partial charge on any atom is -0.252 e. The molecule has 4 aromatic rings. The van der Waals surface area contributed by atoms with Gasteiger partial charge in [-0.2, -0.15) is 0 Å². The van der Waals surface area contributed by atoms with E-state index in [4.69, 9.17) is 0 Å². The van der Waals surface area contributed by atoms with Gasteiger partial charge in [0, 0.05) is 0 Å². The van der Waals surface area contributed by atoms with Gasteiger partial charge in [0.15, 0.2) is 0 Å². The van der Waals surface area contributed by atoms with Gasteiger partial charge in [-0.3, -0.25) is 4.98 Å². The molecule has 0 radical (unpaired) electrons. The topological polar surface area (TPSA) is 51.6 Å². The molecule has 100 valence electrons. The van der Waals surface area contributed by atoms with Crippen molar-refractivity contribution in [1.82, 2.24) is 19.9 Å². The minimum absolute atomic E-state index is 0.554. The van der Waals surface area contributed by atoms with Crippen LogP contribution in [0.25, 0.3) is 33.5 Å².